The van der Waals surface area contributed by atoms with E-state index in [0.717, 1.165) is 30.9 Å². The molecule has 1 aliphatic rings. The van der Waals surface area contributed by atoms with E-state index < -0.39 is 0 Å². The highest BCUT2D eigenvalue weighted by molar-refractivity contribution is 5.95. The van der Waals surface area contributed by atoms with Crippen molar-refractivity contribution in [3.8, 4) is 5.69 Å². The standard InChI is InChI=1S/C16H20N4O/c1-12-15(16(21)19-8-7-13(9-17)10-19)11-20(18-12)14-5-3-2-4-6-14/h2-6,11,13H,7-10,17H2,1H3. The van der Waals surface area contributed by atoms with Gasteiger partial charge in [-0.2, -0.15) is 5.10 Å². The first kappa shape index (κ1) is 13.8. The lowest BCUT2D eigenvalue weighted by atomic mass is 10.1. The quantitative estimate of drug-likeness (QED) is 0.931. The van der Waals surface area contributed by atoms with Crippen molar-refractivity contribution in [1.82, 2.24) is 14.7 Å². The van der Waals surface area contributed by atoms with E-state index >= 15 is 0 Å². The lowest BCUT2D eigenvalue weighted by Crippen LogP contribution is -2.30. The van der Waals surface area contributed by atoms with Crippen molar-refractivity contribution in [1.29, 1.82) is 0 Å². The Kier molecular flexibility index (Phi) is 3.75. The molecule has 1 amide bonds. The smallest absolute Gasteiger partial charge is 0.257 e. The van der Waals surface area contributed by atoms with Crippen LogP contribution in [0.15, 0.2) is 36.5 Å². The average Bonchev–Trinajstić information content (AvgIpc) is 3.14. The highest BCUT2D eigenvalue weighted by Gasteiger charge is 2.28. The molecule has 1 atom stereocenters. The Morgan fingerprint density at radius 2 is 2.14 bits per heavy atom. The van der Waals surface area contributed by atoms with Crippen LogP contribution in [0, 0.1) is 12.8 Å². The molecule has 0 spiro atoms. The first-order valence-corrected chi connectivity index (χ1v) is 7.30. The van der Waals surface area contributed by atoms with Crippen LogP contribution in [0.25, 0.3) is 5.69 Å². The molecule has 3 rings (SSSR count). The van der Waals surface area contributed by atoms with Gasteiger partial charge in [0.1, 0.15) is 0 Å². The third-order valence-corrected chi connectivity index (χ3v) is 4.06. The van der Waals surface area contributed by atoms with Gasteiger partial charge in [0, 0.05) is 19.3 Å². The zero-order valence-electron chi connectivity index (χ0n) is 12.2. The van der Waals surface area contributed by atoms with Crippen molar-refractivity contribution >= 4 is 5.91 Å². The molecule has 1 aromatic heterocycles. The Bertz CT molecular complexity index is 635. The molecular weight excluding hydrogens is 264 g/mol. The van der Waals surface area contributed by atoms with Crippen LogP contribution in [-0.4, -0.2) is 40.2 Å². The first-order chi connectivity index (χ1) is 10.2. The van der Waals surface area contributed by atoms with Crippen LogP contribution in [0.2, 0.25) is 0 Å². The molecule has 5 nitrogen and oxygen atoms in total. The van der Waals surface area contributed by atoms with Crippen LogP contribution >= 0.6 is 0 Å². The maximum atomic E-state index is 12.6. The Balaban J connectivity index is 1.83. The molecule has 1 aliphatic heterocycles. The van der Waals surface area contributed by atoms with E-state index in [4.69, 9.17) is 5.73 Å². The van der Waals surface area contributed by atoms with Crippen LogP contribution in [0.3, 0.4) is 0 Å². The lowest BCUT2D eigenvalue weighted by Gasteiger charge is -2.15. The van der Waals surface area contributed by atoms with Crippen molar-refractivity contribution in [2.45, 2.75) is 13.3 Å². The normalized spacial score (nSPS) is 18.2. The molecule has 1 aromatic carbocycles. The number of rotatable bonds is 3. The molecule has 110 valence electrons. The van der Waals surface area contributed by atoms with Crippen molar-refractivity contribution in [3.05, 3.63) is 47.8 Å². The van der Waals surface area contributed by atoms with Gasteiger partial charge in [-0.05, 0) is 37.9 Å². The zero-order chi connectivity index (χ0) is 14.8. The fourth-order valence-corrected chi connectivity index (χ4v) is 2.76. The van der Waals surface area contributed by atoms with Crippen molar-refractivity contribution in [3.63, 3.8) is 0 Å². The summed E-state index contributed by atoms with van der Waals surface area (Å²) in [7, 11) is 0. The minimum absolute atomic E-state index is 0.0608. The summed E-state index contributed by atoms with van der Waals surface area (Å²) in [5, 5.41) is 4.46. The first-order valence-electron chi connectivity index (χ1n) is 7.30. The molecule has 2 heterocycles. The Morgan fingerprint density at radius 1 is 1.38 bits per heavy atom. The number of aromatic nitrogens is 2. The Morgan fingerprint density at radius 3 is 2.81 bits per heavy atom. The molecule has 1 saturated heterocycles. The third kappa shape index (κ3) is 2.69. The second kappa shape index (κ2) is 5.69. The molecule has 1 unspecified atom stereocenters. The SMILES string of the molecule is Cc1nn(-c2ccccc2)cc1C(=O)N1CCC(CN)C1. The average molecular weight is 284 g/mol. The van der Waals surface area contributed by atoms with Gasteiger partial charge in [-0.3, -0.25) is 4.79 Å². The summed E-state index contributed by atoms with van der Waals surface area (Å²) in [5.74, 6) is 0.490. The minimum Gasteiger partial charge on any atom is -0.338 e. The number of nitrogens with zero attached hydrogens (tertiary/aromatic N) is 3. The largest absolute Gasteiger partial charge is 0.338 e. The number of aryl methyl sites for hydroxylation is 1. The highest BCUT2D eigenvalue weighted by atomic mass is 16.2. The van der Waals surface area contributed by atoms with E-state index in [2.05, 4.69) is 5.10 Å². The fraction of sp³-hybridized carbons (Fsp3) is 0.375. The number of likely N-dealkylation sites (tertiary alicyclic amines) is 1. The monoisotopic (exact) mass is 284 g/mol. The number of carbonyl (C=O) groups is 1. The van der Waals surface area contributed by atoms with Crippen LogP contribution in [0.5, 0.6) is 0 Å². The van der Waals surface area contributed by atoms with Crippen molar-refractivity contribution in [2.75, 3.05) is 19.6 Å². The van der Waals surface area contributed by atoms with Gasteiger partial charge in [0.05, 0.1) is 16.9 Å². The van der Waals surface area contributed by atoms with E-state index in [-0.39, 0.29) is 5.91 Å². The number of hydrogen-bond acceptors (Lipinski definition) is 3. The number of hydrogen-bond donors (Lipinski definition) is 1. The molecule has 5 heteroatoms. The summed E-state index contributed by atoms with van der Waals surface area (Å²) in [5.41, 5.74) is 8.09. The Hall–Kier alpha value is -2.14. The fourth-order valence-electron chi connectivity index (χ4n) is 2.76. The number of amides is 1. The molecule has 0 saturated carbocycles. The van der Waals surface area contributed by atoms with E-state index in [1.54, 1.807) is 4.68 Å². The summed E-state index contributed by atoms with van der Waals surface area (Å²) in [6.45, 7) is 4.07. The zero-order valence-corrected chi connectivity index (χ0v) is 12.2. The van der Waals surface area contributed by atoms with E-state index in [9.17, 15) is 4.79 Å². The van der Waals surface area contributed by atoms with Gasteiger partial charge >= 0.3 is 0 Å². The maximum Gasteiger partial charge on any atom is 0.257 e. The maximum absolute atomic E-state index is 12.6. The van der Waals surface area contributed by atoms with E-state index in [0.29, 0.717) is 18.0 Å². The topological polar surface area (TPSA) is 64.2 Å². The number of benzene rings is 1. The minimum atomic E-state index is 0.0608. The lowest BCUT2D eigenvalue weighted by molar-refractivity contribution is 0.0787. The van der Waals surface area contributed by atoms with Gasteiger partial charge in [-0.25, -0.2) is 4.68 Å². The predicted molar refractivity (Wildman–Crippen MR) is 81.4 cm³/mol. The molecule has 21 heavy (non-hydrogen) atoms. The van der Waals surface area contributed by atoms with E-state index in [1.807, 2.05) is 48.4 Å². The van der Waals surface area contributed by atoms with Gasteiger partial charge in [0.25, 0.3) is 5.91 Å². The van der Waals surface area contributed by atoms with Gasteiger partial charge in [-0.1, -0.05) is 18.2 Å². The van der Waals surface area contributed by atoms with Gasteiger partial charge in [0.15, 0.2) is 0 Å². The summed E-state index contributed by atoms with van der Waals surface area (Å²) < 4.78 is 1.76. The molecule has 2 N–H and O–H groups in total. The van der Waals surface area contributed by atoms with Crippen molar-refractivity contribution in [2.24, 2.45) is 11.7 Å². The third-order valence-electron chi connectivity index (χ3n) is 4.06. The highest BCUT2D eigenvalue weighted by Crippen LogP contribution is 2.20. The predicted octanol–water partition coefficient (Wildman–Crippen LogP) is 1.60. The number of nitrogens with two attached hydrogens (primary N) is 1. The van der Waals surface area contributed by atoms with E-state index in [1.165, 1.54) is 0 Å². The van der Waals surface area contributed by atoms with Crippen molar-refractivity contribution < 1.29 is 4.79 Å². The number of para-hydroxylation sites is 1. The van der Waals surface area contributed by atoms with Crippen LogP contribution < -0.4 is 5.73 Å². The Labute approximate surface area is 124 Å². The second-order valence-corrected chi connectivity index (χ2v) is 5.55. The van der Waals surface area contributed by atoms with Crippen LogP contribution in [0.4, 0.5) is 0 Å². The van der Waals surface area contributed by atoms with Crippen LogP contribution in [0.1, 0.15) is 22.5 Å². The number of carbonyl (C=O) groups excluding carboxylic acids is 1. The molecule has 0 radical (unpaired) electrons. The van der Waals surface area contributed by atoms with Gasteiger partial charge in [0.2, 0.25) is 0 Å². The van der Waals surface area contributed by atoms with Gasteiger partial charge < -0.3 is 10.6 Å². The summed E-state index contributed by atoms with van der Waals surface area (Å²) in [6, 6.07) is 9.82. The molecule has 1 fully saturated rings. The van der Waals surface area contributed by atoms with Crippen LogP contribution in [-0.2, 0) is 0 Å². The summed E-state index contributed by atoms with van der Waals surface area (Å²) in [6.07, 6.45) is 2.82. The summed E-state index contributed by atoms with van der Waals surface area (Å²) >= 11 is 0. The molecular formula is C16H20N4O. The van der Waals surface area contributed by atoms with Gasteiger partial charge in [-0.15, -0.1) is 0 Å². The summed E-state index contributed by atoms with van der Waals surface area (Å²) in [4.78, 5) is 14.5. The molecule has 0 bridgehead atoms. The molecule has 0 aliphatic carbocycles. The second-order valence-electron chi connectivity index (χ2n) is 5.55. The molecule has 2 aromatic rings.